The fourth-order valence-corrected chi connectivity index (χ4v) is 5.23. The molecule has 188 valence electrons. The Morgan fingerprint density at radius 2 is 1.76 bits per heavy atom. The number of hydrogen-bond acceptors (Lipinski definition) is 5. The van der Waals surface area contributed by atoms with Crippen molar-refractivity contribution in [3.63, 3.8) is 0 Å². The van der Waals surface area contributed by atoms with Gasteiger partial charge in [-0.25, -0.2) is 13.1 Å². The van der Waals surface area contributed by atoms with Gasteiger partial charge in [0, 0.05) is 18.5 Å². The van der Waals surface area contributed by atoms with Gasteiger partial charge in [-0.3, -0.25) is 4.90 Å². The van der Waals surface area contributed by atoms with Crippen molar-refractivity contribution >= 4 is 16.3 Å². The van der Waals surface area contributed by atoms with Gasteiger partial charge in [0.1, 0.15) is 6.29 Å². The Morgan fingerprint density at radius 1 is 1.12 bits per heavy atom. The molecule has 1 aromatic rings. The molecule has 10 heteroatoms. The van der Waals surface area contributed by atoms with Gasteiger partial charge < -0.3 is 9.53 Å². The van der Waals surface area contributed by atoms with Gasteiger partial charge in [-0.2, -0.15) is 13.2 Å². The number of benzene rings is 1. The average molecular weight is 493 g/mol. The molecule has 2 fully saturated rings. The van der Waals surface area contributed by atoms with Crippen LogP contribution in [0.3, 0.4) is 0 Å². The van der Waals surface area contributed by atoms with E-state index in [0.717, 1.165) is 25.8 Å². The number of carbonyl (C=O) groups excluding carboxylic acids is 1. The van der Waals surface area contributed by atoms with E-state index in [1.807, 2.05) is 7.05 Å². The van der Waals surface area contributed by atoms with Gasteiger partial charge in [0.05, 0.1) is 25.4 Å². The molecule has 0 aromatic heterocycles. The van der Waals surface area contributed by atoms with Crippen molar-refractivity contribution in [3.05, 3.63) is 35.9 Å². The second kappa shape index (κ2) is 12.8. The van der Waals surface area contributed by atoms with Gasteiger partial charge in [-0.1, -0.05) is 30.3 Å². The molecule has 1 aliphatic heterocycles. The van der Waals surface area contributed by atoms with Crippen molar-refractivity contribution in [2.45, 2.75) is 75.2 Å². The Labute approximate surface area is 194 Å². The van der Waals surface area contributed by atoms with Gasteiger partial charge in [0.2, 0.25) is 10.0 Å². The summed E-state index contributed by atoms with van der Waals surface area (Å²) in [5.41, 5.74) is 1.44. The van der Waals surface area contributed by atoms with Crippen molar-refractivity contribution in [3.8, 4) is 0 Å². The maximum atomic E-state index is 11.5. The second-order valence-electron chi connectivity index (χ2n) is 8.87. The summed E-state index contributed by atoms with van der Waals surface area (Å²) in [5.74, 6) is 0.648. The molecule has 33 heavy (non-hydrogen) atoms. The number of sulfonamides is 1. The summed E-state index contributed by atoms with van der Waals surface area (Å²) in [6, 6.07) is 10.8. The minimum absolute atomic E-state index is 0.0411. The molecule has 0 radical (unpaired) electrons. The van der Waals surface area contributed by atoms with Crippen LogP contribution in [0.1, 0.15) is 56.4 Å². The highest BCUT2D eigenvalue weighted by atomic mass is 32.2. The molecule has 3 rings (SSSR count). The van der Waals surface area contributed by atoms with Crippen molar-refractivity contribution in [2.75, 3.05) is 26.5 Å². The first-order valence-electron chi connectivity index (χ1n) is 11.3. The second-order valence-corrected chi connectivity index (χ2v) is 10.7. The highest BCUT2D eigenvalue weighted by molar-refractivity contribution is 7.88. The van der Waals surface area contributed by atoms with E-state index in [-0.39, 0.29) is 18.4 Å². The maximum Gasteiger partial charge on any atom is 0.389 e. The molecule has 1 aromatic carbocycles. The van der Waals surface area contributed by atoms with Crippen LogP contribution in [0.4, 0.5) is 13.2 Å². The van der Waals surface area contributed by atoms with E-state index in [4.69, 9.17) is 4.74 Å². The molecule has 0 spiro atoms. The number of halogens is 3. The SMILES string of the molecule is CN1CC[C@H](NS(C)(=O)=O)[C@@H]1COC1CCC(c2ccccc2)CC1.O=CCCC(F)(F)F. The third-order valence-electron chi connectivity index (χ3n) is 6.18. The number of rotatable bonds is 8. The summed E-state index contributed by atoms with van der Waals surface area (Å²) >= 11 is 0. The van der Waals surface area contributed by atoms with Gasteiger partial charge >= 0.3 is 6.18 Å². The average Bonchev–Trinajstić information content (AvgIpc) is 3.09. The van der Waals surface area contributed by atoms with Gasteiger partial charge in [0.15, 0.2) is 0 Å². The third-order valence-corrected chi connectivity index (χ3v) is 6.91. The predicted octanol–water partition coefficient (Wildman–Crippen LogP) is 3.88. The molecule has 6 nitrogen and oxygen atoms in total. The van der Waals surface area contributed by atoms with Crippen molar-refractivity contribution in [2.24, 2.45) is 0 Å². The van der Waals surface area contributed by atoms with Crippen LogP contribution in [0.5, 0.6) is 0 Å². The minimum atomic E-state index is -4.18. The molecule has 0 amide bonds. The molecular weight excluding hydrogens is 457 g/mol. The number of alkyl halides is 3. The van der Waals surface area contributed by atoms with E-state index in [1.54, 1.807) is 0 Å². The zero-order valence-corrected chi connectivity index (χ0v) is 20.1. The molecule has 1 N–H and O–H groups in total. The Kier molecular flexibility index (Phi) is 10.8. The number of carbonyl (C=O) groups is 1. The lowest BCUT2D eigenvalue weighted by Crippen LogP contribution is -2.46. The third kappa shape index (κ3) is 10.5. The monoisotopic (exact) mass is 492 g/mol. The lowest BCUT2D eigenvalue weighted by molar-refractivity contribution is -0.139. The number of hydrogen-bond donors (Lipinski definition) is 1. The first kappa shape index (κ1) is 27.8. The Morgan fingerprint density at radius 3 is 2.27 bits per heavy atom. The van der Waals surface area contributed by atoms with Crippen LogP contribution in [-0.4, -0.2) is 70.4 Å². The minimum Gasteiger partial charge on any atom is -0.377 e. The zero-order chi connectivity index (χ0) is 24.5. The van der Waals surface area contributed by atoms with E-state index in [2.05, 4.69) is 40.0 Å². The molecule has 0 unspecified atom stereocenters. The quantitative estimate of drug-likeness (QED) is 0.558. The number of aldehydes is 1. The van der Waals surface area contributed by atoms with Crippen LogP contribution in [0.15, 0.2) is 30.3 Å². The fraction of sp³-hybridized carbons (Fsp3) is 0.696. The highest BCUT2D eigenvalue weighted by Crippen LogP contribution is 2.34. The van der Waals surface area contributed by atoms with E-state index >= 15 is 0 Å². The number of likely N-dealkylation sites (tertiary alicyclic amines) is 1. The molecule has 1 aliphatic carbocycles. The van der Waals surface area contributed by atoms with Crippen LogP contribution in [-0.2, 0) is 19.6 Å². The Hall–Kier alpha value is -1.49. The summed E-state index contributed by atoms with van der Waals surface area (Å²) in [6.07, 6.45) is 1.52. The van der Waals surface area contributed by atoms with Crippen LogP contribution in [0, 0.1) is 0 Å². The number of nitrogens with one attached hydrogen (secondary N) is 1. The van der Waals surface area contributed by atoms with E-state index in [0.29, 0.717) is 18.6 Å². The van der Waals surface area contributed by atoms with Gasteiger partial charge in [-0.05, 0) is 57.2 Å². The zero-order valence-electron chi connectivity index (χ0n) is 19.3. The molecule has 1 heterocycles. The maximum absolute atomic E-state index is 11.5. The van der Waals surface area contributed by atoms with E-state index in [9.17, 15) is 26.4 Å². The lowest BCUT2D eigenvalue weighted by Gasteiger charge is -2.31. The first-order valence-corrected chi connectivity index (χ1v) is 13.2. The summed E-state index contributed by atoms with van der Waals surface area (Å²) < 4.78 is 65.3. The van der Waals surface area contributed by atoms with Crippen molar-refractivity contribution in [1.82, 2.24) is 9.62 Å². The van der Waals surface area contributed by atoms with Crippen LogP contribution in [0.2, 0.25) is 0 Å². The number of nitrogens with zero attached hydrogens (tertiary/aromatic N) is 1. The topological polar surface area (TPSA) is 75.7 Å². The smallest absolute Gasteiger partial charge is 0.377 e. The summed E-state index contributed by atoms with van der Waals surface area (Å²) in [5, 5.41) is 0. The van der Waals surface area contributed by atoms with Crippen LogP contribution < -0.4 is 4.72 Å². The number of likely N-dealkylation sites (N-methyl/N-ethyl adjacent to an activating group) is 1. The normalized spacial score (nSPS) is 26.5. The molecule has 1 saturated heterocycles. The predicted molar refractivity (Wildman–Crippen MR) is 122 cm³/mol. The molecule has 2 aliphatic rings. The standard InChI is InChI=1S/C19H30N2O3S.C4H5F3O/c1-21-13-12-18(20-25(2,22)23)19(21)14-24-17-10-8-16(9-11-17)15-6-4-3-5-7-15;5-4(6,7)2-1-3-8/h3-7,16-20H,8-14H2,1-2H3;3H,1-2H2/t16?,17?,18-,19-;/m0./s1. The van der Waals surface area contributed by atoms with Gasteiger partial charge in [0.25, 0.3) is 0 Å². The van der Waals surface area contributed by atoms with Crippen LogP contribution >= 0.6 is 0 Å². The summed E-state index contributed by atoms with van der Waals surface area (Å²) in [7, 11) is -1.13. The molecule has 1 saturated carbocycles. The lowest BCUT2D eigenvalue weighted by atomic mass is 9.83. The summed E-state index contributed by atoms with van der Waals surface area (Å²) in [6.45, 7) is 1.51. The summed E-state index contributed by atoms with van der Waals surface area (Å²) in [4.78, 5) is 11.6. The van der Waals surface area contributed by atoms with Crippen molar-refractivity contribution in [1.29, 1.82) is 0 Å². The highest BCUT2D eigenvalue weighted by Gasteiger charge is 2.34. The Balaban J connectivity index is 0.000000414. The Bertz CT molecular complexity index is 813. The van der Waals surface area contributed by atoms with Crippen molar-refractivity contribution < 1.29 is 31.1 Å². The molecule has 2 atom stereocenters. The first-order chi connectivity index (χ1) is 15.5. The number of ether oxygens (including phenoxy) is 1. The molecular formula is C23H35F3N2O4S. The fourth-order valence-electron chi connectivity index (χ4n) is 4.41. The van der Waals surface area contributed by atoms with E-state index in [1.165, 1.54) is 24.7 Å². The largest absolute Gasteiger partial charge is 0.389 e. The van der Waals surface area contributed by atoms with Gasteiger partial charge in [-0.15, -0.1) is 0 Å². The van der Waals surface area contributed by atoms with Crippen LogP contribution in [0.25, 0.3) is 0 Å². The molecule has 0 bridgehead atoms. The van der Waals surface area contributed by atoms with E-state index < -0.39 is 29.0 Å².